The van der Waals surface area contributed by atoms with E-state index in [1.54, 1.807) is 6.08 Å². The molecule has 1 nitrogen and oxygen atoms in total. The number of allylic oxidation sites excluding steroid dienone is 1. The first kappa shape index (κ1) is 11.1. The highest BCUT2D eigenvalue weighted by molar-refractivity contribution is 5.44. The summed E-state index contributed by atoms with van der Waals surface area (Å²) in [5, 5.41) is 2.13. The zero-order chi connectivity index (χ0) is 11.1. The van der Waals surface area contributed by atoms with Gasteiger partial charge in [0.25, 0.3) is 0 Å². The summed E-state index contributed by atoms with van der Waals surface area (Å²) in [6.45, 7) is 5.96. The molecule has 0 heterocycles. The Kier molecular flexibility index (Phi) is 4.25. The summed E-state index contributed by atoms with van der Waals surface area (Å²) in [5.74, 6) is 3.25. The molecular weight excluding hydrogens is 184 g/mol. The van der Waals surface area contributed by atoms with Crippen molar-refractivity contribution >= 4 is 12.2 Å². The second-order valence-corrected chi connectivity index (χ2v) is 2.94. The molecule has 0 amide bonds. The molecular formula is C14H14O. The predicted molar refractivity (Wildman–Crippen MR) is 64.8 cm³/mol. The molecule has 15 heavy (non-hydrogen) atoms. The molecule has 0 unspecified atom stereocenters. The van der Waals surface area contributed by atoms with Crippen LogP contribution in [0.2, 0.25) is 0 Å². The van der Waals surface area contributed by atoms with E-state index in [-0.39, 0.29) is 6.61 Å². The highest BCUT2D eigenvalue weighted by atomic mass is 16.5. The van der Waals surface area contributed by atoms with Gasteiger partial charge in [-0.25, -0.2) is 0 Å². The fourth-order valence-electron chi connectivity index (χ4n) is 1.35. The molecule has 1 aromatic carbocycles. The average molecular weight is 198 g/mol. The molecule has 0 radical (unpaired) electrons. The van der Waals surface area contributed by atoms with Crippen LogP contribution in [-0.4, -0.2) is 6.61 Å². The van der Waals surface area contributed by atoms with E-state index >= 15 is 0 Å². The van der Waals surface area contributed by atoms with Gasteiger partial charge in [-0.2, -0.15) is 0 Å². The Morgan fingerprint density at radius 1 is 1.53 bits per heavy atom. The van der Waals surface area contributed by atoms with Gasteiger partial charge >= 0.3 is 0 Å². The Morgan fingerprint density at radius 3 is 2.93 bits per heavy atom. The van der Waals surface area contributed by atoms with Gasteiger partial charge in [0.15, 0.2) is 0 Å². The van der Waals surface area contributed by atoms with Crippen molar-refractivity contribution in [3.05, 3.63) is 41.3 Å². The molecule has 0 aliphatic heterocycles. The largest absolute Gasteiger partial charge is 0.480 e. The van der Waals surface area contributed by atoms with Gasteiger partial charge in [0.2, 0.25) is 0 Å². The zero-order valence-electron chi connectivity index (χ0n) is 8.86. The first-order chi connectivity index (χ1) is 7.33. The summed E-state index contributed by atoms with van der Waals surface area (Å²) < 4.78 is 5.45. The number of benzene rings is 1. The molecule has 0 spiro atoms. The first-order valence-corrected chi connectivity index (χ1v) is 4.78. The predicted octanol–water partition coefficient (Wildman–Crippen LogP) is 1.47. The van der Waals surface area contributed by atoms with Crippen LogP contribution in [0.5, 0.6) is 5.75 Å². The van der Waals surface area contributed by atoms with Crippen LogP contribution in [0.15, 0.2) is 30.9 Å². The first-order valence-electron chi connectivity index (χ1n) is 4.78. The van der Waals surface area contributed by atoms with Crippen LogP contribution in [0.3, 0.4) is 0 Å². The van der Waals surface area contributed by atoms with Crippen LogP contribution >= 0.6 is 0 Å². The smallest absolute Gasteiger partial charge is 0.148 e. The fourth-order valence-corrected chi connectivity index (χ4v) is 1.35. The Bertz CT molecular complexity index is 489. The van der Waals surface area contributed by atoms with Crippen LogP contribution < -0.4 is 15.2 Å². The number of ether oxygens (including phenoxy) is 1. The molecule has 0 bridgehead atoms. The fraction of sp³-hybridized carbons (Fsp3) is 0.143. The SMILES string of the molecule is C#CCOc1cccc(=C/C)/c1=C\C=C. The van der Waals surface area contributed by atoms with Crippen LogP contribution in [-0.2, 0) is 0 Å². The maximum atomic E-state index is 5.45. The number of rotatable bonds is 3. The Labute approximate surface area is 90.4 Å². The standard InChI is InChI=1S/C14H14O/c1-4-8-13-12(6-3)9-7-10-14(13)15-11-5-2/h2,4,6-10H,1,11H2,3H3/b12-6-,13-8+. The van der Waals surface area contributed by atoms with E-state index in [4.69, 9.17) is 11.2 Å². The second-order valence-electron chi connectivity index (χ2n) is 2.94. The van der Waals surface area contributed by atoms with E-state index in [9.17, 15) is 0 Å². The molecule has 0 aliphatic carbocycles. The van der Waals surface area contributed by atoms with Gasteiger partial charge in [-0.3, -0.25) is 0 Å². The van der Waals surface area contributed by atoms with Gasteiger partial charge in [-0.1, -0.05) is 42.9 Å². The van der Waals surface area contributed by atoms with Gasteiger partial charge in [0.05, 0.1) is 0 Å². The van der Waals surface area contributed by atoms with E-state index in [2.05, 4.69) is 12.5 Å². The quantitative estimate of drug-likeness (QED) is 0.668. The minimum Gasteiger partial charge on any atom is -0.480 e. The average Bonchev–Trinajstić information content (AvgIpc) is 2.28. The maximum absolute atomic E-state index is 5.45. The lowest BCUT2D eigenvalue weighted by Gasteiger charge is -2.03. The maximum Gasteiger partial charge on any atom is 0.148 e. The molecule has 0 fully saturated rings. The highest BCUT2D eigenvalue weighted by Crippen LogP contribution is 1.99. The van der Waals surface area contributed by atoms with Gasteiger partial charge in [-0.05, 0) is 18.2 Å². The van der Waals surface area contributed by atoms with Crippen LogP contribution in [0.1, 0.15) is 6.92 Å². The molecule has 0 aromatic heterocycles. The highest BCUT2D eigenvalue weighted by Gasteiger charge is 1.95. The number of hydrogen-bond acceptors (Lipinski definition) is 1. The molecule has 1 aromatic rings. The van der Waals surface area contributed by atoms with Crippen molar-refractivity contribution < 1.29 is 4.74 Å². The summed E-state index contributed by atoms with van der Waals surface area (Å²) in [5.41, 5.74) is 0. The van der Waals surface area contributed by atoms with E-state index in [1.165, 1.54) is 0 Å². The van der Waals surface area contributed by atoms with Crippen molar-refractivity contribution in [2.45, 2.75) is 6.92 Å². The van der Waals surface area contributed by atoms with Crippen LogP contribution in [0.4, 0.5) is 0 Å². The van der Waals surface area contributed by atoms with Crippen LogP contribution in [0.25, 0.3) is 12.2 Å². The van der Waals surface area contributed by atoms with E-state index < -0.39 is 0 Å². The van der Waals surface area contributed by atoms with Gasteiger partial charge in [-0.15, -0.1) is 6.42 Å². The summed E-state index contributed by atoms with van der Waals surface area (Å²) in [7, 11) is 0. The topological polar surface area (TPSA) is 9.23 Å². The van der Waals surface area contributed by atoms with Crippen molar-refractivity contribution in [1.82, 2.24) is 0 Å². The zero-order valence-corrected chi connectivity index (χ0v) is 8.86. The van der Waals surface area contributed by atoms with Crippen molar-refractivity contribution in [2.24, 2.45) is 0 Å². The van der Waals surface area contributed by atoms with Crippen molar-refractivity contribution in [1.29, 1.82) is 0 Å². The summed E-state index contributed by atoms with van der Waals surface area (Å²) >= 11 is 0. The van der Waals surface area contributed by atoms with E-state index in [0.717, 1.165) is 16.2 Å². The van der Waals surface area contributed by atoms with Crippen molar-refractivity contribution in [3.8, 4) is 18.1 Å². The molecule has 1 heteroatoms. The van der Waals surface area contributed by atoms with Gasteiger partial charge in [0.1, 0.15) is 12.4 Å². The third-order valence-electron chi connectivity index (χ3n) is 2.01. The molecule has 76 valence electrons. The molecule has 0 saturated carbocycles. The minimum absolute atomic E-state index is 0.283. The molecule has 0 aliphatic rings. The number of terminal acetylenes is 1. The Morgan fingerprint density at radius 2 is 2.33 bits per heavy atom. The third kappa shape index (κ3) is 2.75. The summed E-state index contributed by atoms with van der Waals surface area (Å²) in [6, 6.07) is 5.87. The lowest BCUT2D eigenvalue weighted by atomic mass is 10.2. The second kappa shape index (κ2) is 5.72. The monoisotopic (exact) mass is 198 g/mol. The lowest BCUT2D eigenvalue weighted by molar-refractivity contribution is 0.367. The molecule has 1 rings (SSSR count). The summed E-state index contributed by atoms with van der Waals surface area (Å²) in [6.07, 6.45) is 10.8. The van der Waals surface area contributed by atoms with E-state index in [0.29, 0.717) is 0 Å². The Balaban J connectivity index is 3.34. The van der Waals surface area contributed by atoms with Gasteiger partial charge in [0, 0.05) is 5.22 Å². The molecule has 0 N–H and O–H groups in total. The lowest BCUT2D eigenvalue weighted by Crippen LogP contribution is -2.26. The number of hydrogen-bond donors (Lipinski definition) is 0. The van der Waals surface area contributed by atoms with Crippen molar-refractivity contribution in [2.75, 3.05) is 6.61 Å². The Hall–Kier alpha value is -1.94. The van der Waals surface area contributed by atoms with Gasteiger partial charge < -0.3 is 4.74 Å². The summed E-state index contributed by atoms with van der Waals surface area (Å²) in [4.78, 5) is 0. The van der Waals surface area contributed by atoms with Crippen molar-refractivity contribution in [3.63, 3.8) is 0 Å². The normalized spacial score (nSPS) is 12.3. The molecule has 0 saturated heterocycles. The molecule has 0 atom stereocenters. The third-order valence-corrected chi connectivity index (χ3v) is 2.01. The minimum atomic E-state index is 0.283. The van der Waals surface area contributed by atoms with Crippen LogP contribution in [0, 0.1) is 12.3 Å². The van der Waals surface area contributed by atoms with E-state index in [1.807, 2.05) is 37.3 Å².